The van der Waals surface area contributed by atoms with Gasteiger partial charge in [0.25, 0.3) is 0 Å². The van der Waals surface area contributed by atoms with Gasteiger partial charge in [-0.3, -0.25) is 4.31 Å². The lowest BCUT2D eigenvalue weighted by Gasteiger charge is -2.19. The van der Waals surface area contributed by atoms with Crippen molar-refractivity contribution >= 4 is 49.5 Å². The number of nitrogens with one attached hydrogen (secondary N) is 1. The van der Waals surface area contributed by atoms with Crippen LogP contribution in [0.2, 0.25) is 5.02 Å². The third-order valence-corrected chi connectivity index (χ3v) is 6.89. The average molecular weight is 482 g/mol. The van der Waals surface area contributed by atoms with Crippen molar-refractivity contribution in [2.45, 2.75) is 13.5 Å². The predicted molar refractivity (Wildman–Crippen MR) is 129 cm³/mol. The Morgan fingerprint density at radius 1 is 1.15 bits per heavy atom. The number of aromatic nitrogens is 6. The minimum absolute atomic E-state index is 0.379. The lowest BCUT2D eigenvalue weighted by molar-refractivity contribution is 0.599. The van der Waals surface area contributed by atoms with Gasteiger partial charge in [-0.15, -0.1) is 0 Å². The molecule has 0 aliphatic heterocycles. The Kier molecular flexibility index (Phi) is 5.06. The van der Waals surface area contributed by atoms with Crippen molar-refractivity contribution < 1.29 is 8.42 Å². The number of fused-ring (bicyclic) bond motifs is 2. The molecule has 168 valence electrons. The lowest BCUT2D eigenvalue weighted by Crippen LogP contribution is -2.27. The molecular formula is C22H20ClN7O2S. The lowest BCUT2D eigenvalue weighted by atomic mass is 10.2. The van der Waals surface area contributed by atoms with Crippen LogP contribution >= 0.6 is 11.6 Å². The number of imidazole rings is 1. The zero-order valence-electron chi connectivity index (χ0n) is 18.1. The fourth-order valence-electron chi connectivity index (χ4n) is 3.74. The molecule has 0 aliphatic carbocycles. The zero-order chi connectivity index (χ0) is 23.3. The minimum atomic E-state index is -3.45. The first-order valence-corrected chi connectivity index (χ1v) is 12.3. The van der Waals surface area contributed by atoms with Crippen LogP contribution in [0.5, 0.6) is 0 Å². The van der Waals surface area contributed by atoms with Gasteiger partial charge in [0.2, 0.25) is 10.0 Å². The van der Waals surface area contributed by atoms with Crippen molar-refractivity contribution in [3.63, 3.8) is 0 Å². The predicted octanol–water partition coefficient (Wildman–Crippen LogP) is 3.78. The Morgan fingerprint density at radius 2 is 1.97 bits per heavy atom. The highest BCUT2D eigenvalue weighted by Gasteiger charge is 2.19. The van der Waals surface area contributed by atoms with Crippen molar-refractivity contribution in [1.29, 1.82) is 0 Å². The number of anilines is 1. The molecule has 4 heterocycles. The molecule has 4 aromatic heterocycles. The van der Waals surface area contributed by atoms with Crippen LogP contribution in [0, 0.1) is 6.92 Å². The number of halogens is 1. The number of sulfonamides is 1. The molecule has 0 atom stereocenters. The number of hydrogen-bond donors (Lipinski definition) is 1. The summed E-state index contributed by atoms with van der Waals surface area (Å²) < 4.78 is 27.4. The SMILES string of the molecule is Cc1cc2cnc(-c3nc4ccc(Cl)cc4[nH]3)nc2n1Cc1cccnc1N(C)S(C)(=O)=O. The topological polar surface area (TPSA) is 110 Å². The Morgan fingerprint density at radius 3 is 2.76 bits per heavy atom. The molecule has 0 spiro atoms. The van der Waals surface area contributed by atoms with Gasteiger partial charge in [0, 0.05) is 41.1 Å². The van der Waals surface area contributed by atoms with Gasteiger partial charge in [-0.1, -0.05) is 17.7 Å². The number of aryl methyl sites for hydroxylation is 1. The number of nitrogens with zero attached hydrogens (tertiary/aromatic N) is 6. The van der Waals surface area contributed by atoms with Gasteiger partial charge in [-0.2, -0.15) is 0 Å². The maximum absolute atomic E-state index is 12.1. The van der Waals surface area contributed by atoms with E-state index in [1.807, 2.05) is 29.7 Å². The summed E-state index contributed by atoms with van der Waals surface area (Å²) in [4.78, 5) is 21.4. The van der Waals surface area contributed by atoms with Crippen molar-refractivity contribution in [3.8, 4) is 11.6 Å². The molecule has 5 aromatic rings. The van der Waals surface area contributed by atoms with Crippen LogP contribution in [0.1, 0.15) is 11.3 Å². The van der Waals surface area contributed by atoms with Crippen LogP contribution in [-0.2, 0) is 16.6 Å². The van der Waals surface area contributed by atoms with Crippen LogP contribution in [0.25, 0.3) is 33.7 Å². The van der Waals surface area contributed by atoms with E-state index in [9.17, 15) is 8.42 Å². The number of H-pyrrole nitrogens is 1. The zero-order valence-corrected chi connectivity index (χ0v) is 19.7. The van der Waals surface area contributed by atoms with Crippen LogP contribution < -0.4 is 4.31 Å². The van der Waals surface area contributed by atoms with Crippen LogP contribution in [0.15, 0.2) is 48.8 Å². The molecule has 5 rings (SSSR count). The monoisotopic (exact) mass is 481 g/mol. The summed E-state index contributed by atoms with van der Waals surface area (Å²) in [5.74, 6) is 1.37. The summed E-state index contributed by atoms with van der Waals surface area (Å²) in [6, 6.07) is 11.1. The summed E-state index contributed by atoms with van der Waals surface area (Å²) >= 11 is 6.09. The van der Waals surface area contributed by atoms with Crippen molar-refractivity contribution in [3.05, 3.63) is 65.1 Å². The highest BCUT2D eigenvalue weighted by Crippen LogP contribution is 2.26. The maximum Gasteiger partial charge on any atom is 0.233 e. The number of rotatable bonds is 5. The fraction of sp³-hybridized carbons (Fsp3) is 0.182. The molecule has 0 radical (unpaired) electrons. The first-order valence-electron chi connectivity index (χ1n) is 10.1. The molecule has 11 heteroatoms. The summed E-state index contributed by atoms with van der Waals surface area (Å²) in [5.41, 5.74) is 4.01. The third-order valence-electron chi connectivity index (χ3n) is 5.49. The van der Waals surface area contributed by atoms with E-state index >= 15 is 0 Å². The van der Waals surface area contributed by atoms with Crippen molar-refractivity contribution in [1.82, 2.24) is 29.5 Å². The van der Waals surface area contributed by atoms with Gasteiger partial charge in [0.15, 0.2) is 11.6 Å². The molecule has 0 aliphatic rings. The fourth-order valence-corrected chi connectivity index (χ4v) is 4.39. The molecule has 0 bridgehead atoms. The number of aromatic amines is 1. The number of pyridine rings is 1. The molecule has 9 nitrogen and oxygen atoms in total. The smallest absolute Gasteiger partial charge is 0.233 e. The van der Waals surface area contributed by atoms with Crippen LogP contribution in [-0.4, -0.2) is 51.2 Å². The first kappa shape index (κ1) is 21.4. The number of benzene rings is 1. The van der Waals surface area contributed by atoms with E-state index in [2.05, 4.69) is 19.9 Å². The summed E-state index contributed by atoms with van der Waals surface area (Å²) in [6.45, 7) is 2.37. The van der Waals surface area contributed by atoms with E-state index in [-0.39, 0.29) is 0 Å². The molecule has 0 saturated heterocycles. The summed E-state index contributed by atoms with van der Waals surface area (Å²) in [7, 11) is -1.96. The quantitative estimate of drug-likeness (QED) is 0.409. The Labute approximate surface area is 195 Å². The maximum atomic E-state index is 12.1. The van der Waals surface area contributed by atoms with Gasteiger partial charge in [-0.25, -0.2) is 28.4 Å². The van der Waals surface area contributed by atoms with Gasteiger partial charge < -0.3 is 9.55 Å². The molecular weight excluding hydrogens is 462 g/mol. The van der Waals surface area contributed by atoms with E-state index < -0.39 is 10.0 Å². The molecule has 0 unspecified atom stereocenters. The largest absolute Gasteiger partial charge is 0.335 e. The normalized spacial score (nSPS) is 12.0. The average Bonchev–Trinajstić information content (AvgIpc) is 3.33. The Hall–Kier alpha value is -3.50. The van der Waals surface area contributed by atoms with Crippen molar-refractivity contribution in [2.24, 2.45) is 0 Å². The standard InChI is InChI=1S/C22H20ClN7O2S/c1-13-9-15-11-25-19(20-26-17-7-6-16(23)10-18(17)27-20)28-22(15)30(13)12-14-5-4-8-24-21(14)29(2)33(3,31)32/h4-11H,12H2,1-3H3,(H,26,27). The van der Waals surface area contributed by atoms with E-state index in [1.165, 1.54) is 11.4 Å². The van der Waals surface area contributed by atoms with Gasteiger partial charge in [0.1, 0.15) is 11.5 Å². The molecule has 1 N–H and O–H groups in total. The first-order chi connectivity index (χ1) is 15.7. The van der Waals surface area contributed by atoms with E-state index in [0.29, 0.717) is 34.7 Å². The second-order valence-electron chi connectivity index (χ2n) is 7.81. The second-order valence-corrected chi connectivity index (χ2v) is 10.3. The highest BCUT2D eigenvalue weighted by atomic mass is 35.5. The second kappa shape index (κ2) is 7.82. The van der Waals surface area contributed by atoms with Crippen molar-refractivity contribution in [2.75, 3.05) is 17.6 Å². The summed E-state index contributed by atoms with van der Waals surface area (Å²) in [5, 5.41) is 1.49. The van der Waals surface area contributed by atoms with Gasteiger partial charge in [0.05, 0.1) is 23.8 Å². The molecule has 0 saturated carbocycles. The molecule has 1 aromatic carbocycles. The van der Waals surface area contributed by atoms with Crippen LogP contribution in [0.4, 0.5) is 5.82 Å². The van der Waals surface area contributed by atoms with E-state index in [0.717, 1.165) is 33.9 Å². The highest BCUT2D eigenvalue weighted by molar-refractivity contribution is 7.92. The third kappa shape index (κ3) is 3.91. The van der Waals surface area contributed by atoms with Crippen LogP contribution in [0.3, 0.4) is 0 Å². The number of hydrogen-bond acceptors (Lipinski definition) is 6. The van der Waals surface area contributed by atoms with E-state index in [4.69, 9.17) is 16.6 Å². The molecule has 0 amide bonds. The Balaban J connectivity index is 1.59. The van der Waals surface area contributed by atoms with Gasteiger partial charge in [-0.05, 0) is 37.3 Å². The Bertz CT molecular complexity index is 1620. The van der Waals surface area contributed by atoms with E-state index in [1.54, 1.807) is 30.6 Å². The minimum Gasteiger partial charge on any atom is -0.335 e. The molecule has 0 fully saturated rings. The molecule has 33 heavy (non-hydrogen) atoms. The summed E-state index contributed by atoms with van der Waals surface area (Å²) in [6.07, 6.45) is 4.49. The van der Waals surface area contributed by atoms with Gasteiger partial charge >= 0.3 is 0 Å².